The fraction of sp³-hybridized carbons (Fsp3) is 0.913. The molecule has 0 radical (unpaired) electrons. The number of esters is 1. The van der Waals surface area contributed by atoms with Crippen molar-refractivity contribution in [2.45, 2.75) is 91.4 Å². The first-order chi connectivity index (χ1) is 12.6. The first kappa shape index (κ1) is 19.3. The summed E-state index contributed by atoms with van der Waals surface area (Å²) >= 11 is 0. The van der Waals surface area contributed by atoms with E-state index in [-0.39, 0.29) is 5.41 Å². The van der Waals surface area contributed by atoms with Gasteiger partial charge in [-0.25, -0.2) is 0 Å². The third kappa shape index (κ3) is 3.02. The Labute approximate surface area is 163 Å². The summed E-state index contributed by atoms with van der Waals surface area (Å²) in [4.78, 5) is 22.6. The molecule has 6 atom stereocenters. The second-order valence-corrected chi connectivity index (χ2v) is 11.3. The van der Waals surface area contributed by atoms with E-state index in [9.17, 15) is 9.59 Å². The molecular formula is C23H36O4. The van der Waals surface area contributed by atoms with Crippen molar-refractivity contribution in [3.63, 3.8) is 0 Å². The minimum atomic E-state index is -1.11. The van der Waals surface area contributed by atoms with Crippen LogP contribution in [-0.4, -0.2) is 23.7 Å². The van der Waals surface area contributed by atoms with E-state index in [1.165, 1.54) is 57.8 Å². The normalized spacial score (nSPS) is 48.4. The number of fused-ring (bicyclic) bond motifs is 3. The number of hydrogen-bond acceptors (Lipinski definition) is 3. The van der Waals surface area contributed by atoms with E-state index in [0.29, 0.717) is 28.8 Å². The van der Waals surface area contributed by atoms with Crippen molar-refractivity contribution in [3.05, 3.63) is 0 Å². The van der Waals surface area contributed by atoms with Crippen molar-refractivity contribution in [2.75, 3.05) is 6.61 Å². The van der Waals surface area contributed by atoms with Gasteiger partial charge in [0, 0.05) is 5.41 Å². The zero-order chi connectivity index (χ0) is 19.5. The minimum Gasteiger partial charge on any atom is -0.481 e. The standard InChI is InChI=1S/C23H36O4/c1-20-9-5-17-22(3)8-4-7-21(2,15-27-19(26)13-18(24)25)16(22)6-10-23(17,14-20)12-11-20/h16-17H,4-15H2,1-3H3,(H,24,25)/t16?,17?,20-,21-,22-,23+/m1/s1. The molecule has 4 nitrogen and oxygen atoms in total. The first-order valence-electron chi connectivity index (χ1n) is 11.0. The fourth-order valence-electron chi connectivity index (χ4n) is 8.44. The van der Waals surface area contributed by atoms with E-state index in [2.05, 4.69) is 20.8 Å². The molecule has 0 aliphatic heterocycles. The lowest BCUT2D eigenvalue weighted by Gasteiger charge is -2.64. The van der Waals surface area contributed by atoms with Crippen molar-refractivity contribution in [1.82, 2.24) is 0 Å². The lowest BCUT2D eigenvalue weighted by Crippen LogP contribution is -2.57. The Morgan fingerprint density at radius 2 is 1.70 bits per heavy atom. The first-order valence-corrected chi connectivity index (χ1v) is 11.0. The van der Waals surface area contributed by atoms with Crippen molar-refractivity contribution < 1.29 is 19.4 Å². The maximum absolute atomic E-state index is 11.8. The van der Waals surface area contributed by atoms with Crippen LogP contribution >= 0.6 is 0 Å². The van der Waals surface area contributed by atoms with Crippen molar-refractivity contribution in [3.8, 4) is 0 Å². The molecule has 0 saturated heterocycles. The lowest BCUT2D eigenvalue weighted by molar-refractivity contribution is -0.177. The molecule has 4 rings (SSSR count). The number of carbonyl (C=O) groups excluding carboxylic acids is 1. The number of ether oxygens (including phenoxy) is 1. The average molecular weight is 377 g/mol. The smallest absolute Gasteiger partial charge is 0.317 e. The van der Waals surface area contributed by atoms with Gasteiger partial charge in [-0.05, 0) is 85.9 Å². The molecule has 2 bridgehead atoms. The van der Waals surface area contributed by atoms with Crippen molar-refractivity contribution in [2.24, 2.45) is 33.5 Å². The number of hydrogen-bond donors (Lipinski definition) is 1. The predicted molar refractivity (Wildman–Crippen MR) is 103 cm³/mol. The summed E-state index contributed by atoms with van der Waals surface area (Å²) in [5.41, 5.74) is 1.48. The van der Waals surface area contributed by atoms with Crippen LogP contribution in [0.2, 0.25) is 0 Å². The minimum absolute atomic E-state index is 0.0118. The summed E-state index contributed by atoms with van der Waals surface area (Å²) in [7, 11) is 0. The van der Waals surface area contributed by atoms with Crippen LogP contribution in [0.25, 0.3) is 0 Å². The molecule has 152 valence electrons. The fourth-order valence-corrected chi connectivity index (χ4v) is 8.44. The molecule has 0 aromatic heterocycles. The van der Waals surface area contributed by atoms with E-state index in [1.807, 2.05) is 0 Å². The Bertz CT molecular complexity index is 644. The monoisotopic (exact) mass is 376 g/mol. The van der Waals surface area contributed by atoms with Crippen LogP contribution in [0, 0.1) is 33.5 Å². The quantitative estimate of drug-likeness (QED) is 0.541. The Morgan fingerprint density at radius 1 is 0.963 bits per heavy atom. The maximum atomic E-state index is 11.8. The lowest BCUT2D eigenvalue weighted by atomic mass is 9.40. The van der Waals surface area contributed by atoms with Crippen LogP contribution in [0.4, 0.5) is 0 Å². The van der Waals surface area contributed by atoms with Crippen LogP contribution in [0.3, 0.4) is 0 Å². The van der Waals surface area contributed by atoms with E-state index >= 15 is 0 Å². The highest BCUT2D eigenvalue weighted by Crippen LogP contribution is 2.73. The number of carboxylic acid groups (broad SMARTS) is 1. The summed E-state index contributed by atoms with van der Waals surface area (Å²) in [6.07, 6.45) is 12.7. The number of rotatable bonds is 4. The van der Waals surface area contributed by atoms with Gasteiger partial charge >= 0.3 is 11.9 Å². The molecule has 4 heteroatoms. The Morgan fingerprint density at radius 3 is 2.44 bits per heavy atom. The van der Waals surface area contributed by atoms with Crippen LogP contribution in [-0.2, 0) is 14.3 Å². The molecule has 1 spiro atoms. The van der Waals surface area contributed by atoms with E-state index < -0.39 is 18.4 Å². The summed E-state index contributed by atoms with van der Waals surface area (Å²) in [6.45, 7) is 7.74. The third-order valence-corrected chi connectivity index (χ3v) is 9.47. The molecule has 0 amide bonds. The van der Waals surface area contributed by atoms with Crippen LogP contribution in [0.1, 0.15) is 91.4 Å². The summed E-state index contributed by atoms with van der Waals surface area (Å²) in [5.74, 6) is -0.303. The molecular weight excluding hydrogens is 340 g/mol. The Hall–Kier alpha value is -1.06. The molecule has 0 heterocycles. The molecule has 0 aromatic rings. The number of carbonyl (C=O) groups is 2. The highest BCUT2D eigenvalue weighted by atomic mass is 16.5. The van der Waals surface area contributed by atoms with Gasteiger partial charge in [0.1, 0.15) is 6.42 Å². The van der Waals surface area contributed by atoms with Gasteiger partial charge < -0.3 is 9.84 Å². The summed E-state index contributed by atoms with van der Waals surface area (Å²) in [6, 6.07) is 0. The highest BCUT2D eigenvalue weighted by Gasteiger charge is 2.64. The zero-order valence-electron chi connectivity index (χ0n) is 17.3. The second-order valence-electron chi connectivity index (χ2n) is 11.3. The SMILES string of the molecule is C[C@@]12CCC3[C@@](CCC4[C@@](C)(COC(=O)CC(=O)O)CCC[C@]43C)(CC1)C2. The van der Waals surface area contributed by atoms with Gasteiger partial charge in [-0.3, -0.25) is 9.59 Å². The van der Waals surface area contributed by atoms with E-state index in [0.717, 1.165) is 12.3 Å². The average Bonchev–Trinajstić information content (AvgIpc) is 2.82. The molecule has 1 N–H and O–H groups in total. The Balaban J connectivity index is 1.54. The van der Waals surface area contributed by atoms with Gasteiger partial charge in [-0.2, -0.15) is 0 Å². The van der Waals surface area contributed by atoms with Crippen molar-refractivity contribution in [1.29, 1.82) is 0 Å². The topological polar surface area (TPSA) is 63.6 Å². The van der Waals surface area contributed by atoms with Crippen molar-refractivity contribution >= 4 is 11.9 Å². The van der Waals surface area contributed by atoms with E-state index in [4.69, 9.17) is 9.84 Å². The molecule has 2 unspecified atom stereocenters. The van der Waals surface area contributed by atoms with Gasteiger partial charge in [-0.15, -0.1) is 0 Å². The predicted octanol–water partition coefficient (Wildman–Crippen LogP) is 5.20. The third-order valence-electron chi connectivity index (χ3n) is 9.47. The summed E-state index contributed by atoms with van der Waals surface area (Å²) in [5, 5.41) is 8.82. The molecule has 4 aliphatic carbocycles. The Kier molecular flexibility index (Phi) is 4.44. The van der Waals surface area contributed by atoms with E-state index in [1.54, 1.807) is 0 Å². The number of aliphatic carboxylic acids is 1. The number of carboxylic acids is 1. The highest BCUT2D eigenvalue weighted by molar-refractivity contribution is 5.90. The molecule has 0 aromatic carbocycles. The van der Waals surface area contributed by atoms with Gasteiger partial charge in [-0.1, -0.05) is 27.2 Å². The largest absolute Gasteiger partial charge is 0.481 e. The summed E-state index contributed by atoms with van der Waals surface area (Å²) < 4.78 is 5.48. The van der Waals surface area contributed by atoms with Gasteiger partial charge in [0.15, 0.2) is 0 Å². The van der Waals surface area contributed by atoms with Gasteiger partial charge in [0.05, 0.1) is 6.61 Å². The van der Waals surface area contributed by atoms with Crippen LogP contribution in [0.5, 0.6) is 0 Å². The maximum Gasteiger partial charge on any atom is 0.317 e. The van der Waals surface area contributed by atoms with Gasteiger partial charge in [0.25, 0.3) is 0 Å². The zero-order valence-corrected chi connectivity index (χ0v) is 17.3. The van der Waals surface area contributed by atoms with Crippen LogP contribution < -0.4 is 0 Å². The molecule has 4 saturated carbocycles. The van der Waals surface area contributed by atoms with Gasteiger partial charge in [0.2, 0.25) is 0 Å². The van der Waals surface area contributed by atoms with Crippen LogP contribution in [0.15, 0.2) is 0 Å². The second kappa shape index (κ2) is 6.22. The molecule has 27 heavy (non-hydrogen) atoms. The molecule has 4 fully saturated rings. The molecule has 4 aliphatic rings.